The number of carboxylic acid groups (broad SMARTS) is 1. The van der Waals surface area contributed by atoms with Crippen molar-refractivity contribution in [2.24, 2.45) is 0 Å². The fourth-order valence-electron chi connectivity index (χ4n) is 0.463. The molecule has 0 heterocycles. The lowest BCUT2D eigenvalue weighted by atomic mass is 10.4. The highest BCUT2D eigenvalue weighted by Gasteiger charge is 1.88. The van der Waals surface area contributed by atoms with Crippen LogP contribution >= 0.6 is 0 Å². The first-order valence-electron chi connectivity index (χ1n) is 3.27. The maximum absolute atomic E-state index is 9.35. The number of carbonyl (C=O) groups is 1. The number of hydrogen-bond acceptors (Lipinski definition) is 3. The molecule has 13 heavy (non-hydrogen) atoms. The van der Waals surface area contributed by atoms with Crippen molar-refractivity contribution in [3.8, 4) is 0 Å². The van der Waals surface area contributed by atoms with Crippen LogP contribution in [0.2, 0.25) is 0 Å². The van der Waals surface area contributed by atoms with Crippen LogP contribution in [0, 0.1) is 0 Å². The van der Waals surface area contributed by atoms with Gasteiger partial charge in [0, 0.05) is 0 Å². The smallest absolute Gasteiger partial charge is 0.418 e. The second kappa shape index (κ2) is 7.11. The molecular formula is C7H9NO4S. The quantitative estimate of drug-likeness (QED) is 0.579. The Morgan fingerprint density at radius 3 is 1.38 bits per heavy atom. The maximum atomic E-state index is 9.35. The summed E-state index contributed by atoms with van der Waals surface area (Å²) in [5, 5.41) is 7.59. The van der Waals surface area contributed by atoms with E-state index >= 15 is 0 Å². The highest BCUT2D eigenvalue weighted by Crippen LogP contribution is 1.79. The van der Waals surface area contributed by atoms with Gasteiger partial charge in [-0.15, -0.1) is 0 Å². The van der Waals surface area contributed by atoms with Crippen LogP contribution in [-0.4, -0.2) is 19.6 Å². The van der Waals surface area contributed by atoms with E-state index < -0.39 is 17.0 Å². The van der Waals surface area contributed by atoms with Crippen LogP contribution in [0.4, 0.5) is 4.79 Å². The molecule has 0 bridgehead atoms. The summed E-state index contributed by atoms with van der Waals surface area (Å²) in [7, 11) is -2.99. The molecule has 1 amide bonds. The molecule has 1 aromatic carbocycles. The number of hydrogen-bond donors (Lipinski definition) is 3. The lowest BCUT2D eigenvalue weighted by Crippen LogP contribution is -2.17. The second-order valence-corrected chi connectivity index (χ2v) is 2.57. The van der Waals surface area contributed by atoms with Gasteiger partial charge >= 0.3 is 6.09 Å². The molecular weight excluding hydrogens is 194 g/mol. The van der Waals surface area contributed by atoms with Crippen molar-refractivity contribution in [2.45, 2.75) is 0 Å². The number of nitrogens with one attached hydrogen (secondary N) is 1. The van der Waals surface area contributed by atoms with Crippen LogP contribution in [0.1, 0.15) is 0 Å². The summed E-state index contributed by atoms with van der Waals surface area (Å²) >= 11 is 0. The Bertz CT molecular complexity index is 275. The number of rotatable bonds is 1. The molecule has 0 aliphatic rings. The van der Waals surface area contributed by atoms with Crippen molar-refractivity contribution < 1.29 is 18.3 Å². The van der Waals surface area contributed by atoms with Crippen LogP contribution in [0.15, 0.2) is 36.4 Å². The Morgan fingerprint density at radius 1 is 1.00 bits per heavy atom. The molecule has 0 aliphatic heterocycles. The lowest BCUT2D eigenvalue weighted by molar-refractivity contribution is 0.201. The second-order valence-electron chi connectivity index (χ2n) is 1.83. The lowest BCUT2D eigenvalue weighted by Gasteiger charge is -1.80. The topological polar surface area (TPSA) is 83.5 Å². The number of benzene rings is 1. The van der Waals surface area contributed by atoms with Gasteiger partial charge in [0.15, 0.2) is 0 Å². The summed E-state index contributed by atoms with van der Waals surface area (Å²) in [6, 6.07) is 12.0. The summed E-state index contributed by atoms with van der Waals surface area (Å²) in [4.78, 5) is 9.31. The molecule has 0 aromatic heterocycles. The van der Waals surface area contributed by atoms with Gasteiger partial charge in [0.25, 0.3) is 0 Å². The average molecular weight is 203 g/mol. The predicted octanol–water partition coefficient (Wildman–Crippen LogP) is 0.467. The highest BCUT2D eigenvalue weighted by atomic mass is 32.2. The molecule has 0 saturated heterocycles. The van der Waals surface area contributed by atoms with Crippen molar-refractivity contribution in [1.82, 2.24) is 4.72 Å². The van der Waals surface area contributed by atoms with E-state index in [0.717, 1.165) is 0 Å². The van der Waals surface area contributed by atoms with Gasteiger partial charge < -0.3 is 5.11 Å². The van der Waals surface area contributed by atoms with E-state index in [4.69, 9.17) is 5.11 Å². The molecule has 72 valence electrons. The van der Waals surface area contributed by atoms with Crippen molar-refractivity contribution in [3.05, 3.63) is 36.4 Å². The largest absolute Gasteiger partial charge is 0.464 e. The van der Waals surface area contributed by atoms with Gasteiger partial charge in [0.2, 0.25) is 10.9 Å². The van der Waals surface area contributed by atoms with Gasteiger partial charge in [-0.2, -0.15) is 0 Å². The first-order chi connectivity index (χ1) is 6.13. The minimum atomic E-state index is -2.99. The van der Waals surface area contributed by atoms with E-state index in [0.29, 0.717) is 0 Å². The van der Waals surface area contributed by atoms with Gasteiger partial charge in [-0.05, 0) is 0 Å². The highest BCUT2D eigenvalue weighted by molar-refractivity contribution is 7.70. The normalized spacial score (nSPS) is 8.38. The van der Waals surface area contributed by atoms with E-state index in [2.05, 4.69) is 0 Å². The monoisotopic (exact) mass is 203 g/mol. The van der Waals surface area contributed by atoms with E-state index in [1.165, 1.54) is 4.72 Å². The van der Waals surface area contributed by atoms with Crippen molar-refractivity contribution in [2.75, 3.05) is 0 Å². The van der Waals surface area contributed by atoms with Crippen molar-refractivity contribution >= 4 is 17.0 Å². The molecule has 2 N–H and O–H groups in total. The first-order valence-corrected chi connectivity index (χ1v) is 4.44. The standard InChI is InChI=1S/C6H6.CH3NO4S/c1-2-4-6-5-3-1;3-1(4)2-7(5)6/h1-6H;7H,(H,3,4)(H,2,5,6). The molecule has 1 rings (SSSR count). The van der Waals surface area contributed by atoms with Gasteiger partial charge in [0.05, 0.1) is 0 Å². The summed E-state index contributed by atoms with van der Waals surface area (Å²) in [5.74, 6) is 0. The minimum absolute atomic E-state index is 1.18. The average Bonchev–Trinajstić information content (AvgIpc) is 2.06. The first kappa shape index (κ1) is 11.4. The molecule has 6 heteroatoms. The molecule has 0 radical (unpaired) electrons. The summed E-state index contributed by atoms with van der Waals surface area (Å²) in [6.07, 6.45) is -1.56. The summed E-state index contributed by atoms with van der Waals surface area (Å²) in [6.45, 7) is 0. The molecule has 5 nitrogen and oxygen atoms in total. The number of thiol groups is 1. The Morgan fingerprint density at radius 2 is 1.31 bits per heavy atom. The van der Waals surface area contributed by atoms with Gasteiger partial charge in [-0.3, -0.25) is 0 Å². The van der Waals surface area contributed by atoms with E-state index in [1.807, 2.05) is 36.4 Å². The van der Waals surface area contributed by atoms with Crippen LogP contribution in [0.25, 0.3) is 0 Å². The summed E-state index contributed by atoms with van der Waals surface area (Å²) < 4.78 is 19.9. The van der Waals surface area contributed by atoms with Gasteiger partial charge in [-0.1, -0.05) is 36.4 Å². The third-order valence-electron chi connectivity index (χ3n) is 0.854. The molecule has 0 aliphatic carbocycles. The number of amides is 1. The third kappa shape index (κ3) is 10.4. The molecule has 0 unspecified atom stereocenters. The maximum Gasteiger partial charge on any atom is 0.418 e. The van der Waals surface area contributed by atoms with Crippen LogP contribution in [0.5, 0.6) is 0 Å². The zero-order valence-electron chi connectivity index (χ0n) is 6.58. The Kier molecular flexibility index (Phi) is 6.26. The van der Waals surface area contributed by atoms with Gasteiger partial charge in [0.1, 0.15) is 0 Å². The van der Waals surface area contributed by atoms with E-state index in [-0.39, 0.29) is 0 Å². The molecule has 0 atom stereocenters. The van der Waals surface area contributed by atoms with Crippen molar-refractivity contribution in [3.63, 3.8) is 0 Å². The molecule has 0 saturated carbocycles. The minimum Gasteiger partial charge on any atom is -0.464 e. The fraction of sp³-hybridized carbons (Fsp3) is 0. The Balaban J connectivity index is 0.000000223. The molecule has 0 fully saturated rings. The van der Waals surface area contributed by atoms with E-state index in [9.17, 15) is 13.2 Å². The van der Waals surface area contributed by atoms with E-state index in [1.54, 1.807) is 0 Å². The summed E-state index contributed by atoms with van der Waals surface area (Å²) in [5.41, 5.74) is 0. The SMILES string of the molecule is O=C(O)N[SH](=O)=O.c1ccccc1. The zero-order valence-corrected chi connectivity index (χ0v) is 7.48. The zero-order chi connectivity index (χ0) is 10.1. The Hall–Kier alpha value is -1.56. The van der Waals surface area contributed by atoms with Crippen molar-refractivity contribution in [1.29, 1.82) is 0 Å². The Labute approximate surface area is 77.1 Å². The molecule has 1 aromatic rings. The fourth-order valence-corrected chi connectivity index (χ4v) is 0.619. The van der Waals surface area contributed by atoms with Crippen LogP contribution < -0.4 is 4.72 Å². The predicted molar refractivity (Wildman–Crippen MR) is 47.9 cm³/mol. The third-order valence-corrected chi connectivity index (χ3v) is 1.23. The van der Waals surface area contributed by atoms with Crippen LogP contribution in [0.3, 0.4) is 0 Å². The van der Waals surface area contributed by atoms with Gasteiger partial charge in [-0.25, -0.2) is 17.9 Å². The molecule has 0 spiro atoms. The van der Waals surface area contributed by atoms with Crippen LogP contribution in [-0.2, 0) is 10.9 Å².